The summed E-state index contributed by atoms with van der Waals surface area (Å²) in [5.74, 6) is 1.29. The molecule has 2 aromatic heterocycles. The summed E-state index contributed by atoms with van der Waals surface area (Å²) in [6.45, 7) is 4.97. The molecule has 0 radical (unpaired) electrons. The van der Waals surface area contributed by atoms with Crippen molar-refractivity contribution in [2.75, 3.05) is 11.4 Å². The Balaban J connectivity index is 1.81. The molecule has 0 spiro atoms. The van der Waals surface area contributed by atoms with Crippen molar-refractivity contribution in [3.05, 3.63) is 68.8 Å². The molecule has 174 valence electrons. The van der Waals surface area contributed by atoms with Crippen LogP contribution in [0.2, 0.25) is 10.0 Å². The number of carbonyl (C=O) groups is 1. The van der Waals surface area contributed by atoms with Gasteiger partial charge in [-0.15, -0.1) is 0 Å². The second kappa shape index (κ2) is 9.37. The van der Waals surface area contributed by atoms with Crippen LogP contribution in [0.5, 0.6) is 0 Å². The Morgan fingerprint density at radius 1 is 1.09 bits per heavy atom. The molecule has 0 aliphatic carbocycles. The molecular formula is C27H23BrCl2N2O2. The zero-order valence-electron chi connectivity index (χ0n) is 18.9. The second-order valence-corrected chi connectivity index (χ2v) is 10.7. The highest BCUT2D eigenvalue weighted by atomic mass is 79.9. The smallest absolute Gasteiger partial charge is 0.229 e. The van der Waals surface area contributed by atoms with Crippen LogP contribution >= 0.6 is 39.1 Å². The predicted molar refractivity (Wildman–Crippen MR) is 143 cm³/mol. The average molecular weight is 558 g/mol. The molecule has 1 aliphatic heterocycles. The monoisotopic (exact) mass is 556 g/mol. The van der Waals surface area contributed by atoms with E-state index in [-0.39, 0.29) is 5.91 Å². The van der Waals surface area contributed by atoms with Crippen LogP contribution in [0.15, 0.2) is 57.4 Å². The van der Waals surface area contributed by atoms with Gasteiger partial charge < -0.3 is 9.32 Å². The van der Waals surface area contributed by atoms with Crippen molar-refractivity contribution in [3.63, 3.8) is 0 Å². The van der Waals surface area contributed by atoms with Crippen molar-refractivity contribution in [2.24, 2.45) is 5.92 Å². The van der Waals surface area contributed by atoms with Crippen LogP contribution in [-0.4, -0.2) is 17.4 Å². The number of aromatic nitrogens is 1. The van der Waals surface area contributed by atoms with Gasteiger partial charge in [0, 0.05) is 40.0 Å². The molecule has 34 heavy (non-hydrogen) atoms. The van der Waals surface area contributed by atoms with E-state index in [1.807, 2.05) is 47.4 Å². The maximum atomic E-state index is 12.7. The zero-order chi connectivity index (χ0) is 24.0. The Bertz CT molecular complexity index is 1400. The highest BCUT2D eigenvalue weighted by molar-refractivity contribution is 9.10. The van der Waals surface area contributed by atoms with Crippen molar-refractivity contribution < 1.29 is 9.21 Å². The lowest BCUT2D eigenvalue weighted by atomic mass is 9.97. The van der Waals surface area contributed by atoms with Gasteiger partial charge in [-0.3, -0.25) is 4.79 Å². The molecule has 1 fully saturated rings. The normalized spacial score (nSPS) is 14.1. The first-order valence-corrected chi connectivity index (χ1v) is 12.8. The molecule has 1 saturated heterocycles. The van der Waals surface area contributed by atoms with Crippen LogP contribution < -0.4 is 4.90 Å². The maximum Gasteiger partial charge on any atom is 0.229 e. The minimum atomic E-state index is 0.126. The quantitative estimate of drug-likeness (QED) is 0.247. The van der Waals surface area contributed by atoms with Gasteiger partial charge in [0.2, 0.25) is 11.6 Å². The summed E-state index contributed by atoms with van der Waals surface area (Å²) in [4.78, 5) is 19.6. The first-order valence-electron chi connectivity index (χ1n) is 11.3. The number of hydrogen-bond acceptors (Lipinski definition) is 3. The second-order valence-electron chi connectivity index (χ2n) is 8.99. The van der Waals surface area contributed by atoms with Crippen LogP contribution in [0.4, 0.5) is 5.69 Å². The Labute approximate surface area is 217 Å². The molecule has 0 unspecified atom stereocenters. The Morgan fingerprint density at radius 3 is 2.50 bits per heavy atom. The number of furan rings is 1. The Hall–Kier alpha value is -2.34. The standard InChI is InChI=1S/C27H23BrCl2N2O2/c1-15(2)12-23-26(32-11-3-4-24(32)33)21-14-20(16-5-8-18(29)9-6-16)25(31-27(21)34-23)19-10-7-17(28)13-22(19)30/h5-10,13-15H,3-4,11-12H2,1-2H3. The van der Waals surface area contributed by atoms with Gasteiger partial charge in [-0.05, 0) is 48.2 Å². The summed E-state index contributed by atoms with van der Waals surface area (Å²) in [6, 6.07) is 15.5. The van der Waals surface area contributed by atoms with Crippen LogP contribution in [-0.2, 0) is 11.2 Å². The molecule has 3 heterocycles. The van der Waals surface area contributed by atoms with Gasteiger partial charge in [0.15, 0.2) is 0 Å². The van der Waals surface area contributed by atoms with Gasteiger partial charge in [-0.25, -0.2) is 4.98 Å². The molecule has 0 saturated carbocycles. The third-order valence-corrected chi connectivity index (χ3v) is 7.06. The minimum absolute atomic E-state index is 0.126. The molecule has 7 heteroatoms. The maximum absolute atomic E-state index is 12.7. The summed E-state index contributed by atoms with van der Waals surface area (Å²) in [7, 11) is 0. The molecule has 0 bridgehead atoms. The number of hydrogen-bond donors (Lipinski definition) is 0. The number of anilines is 1. The van der Waals surface area contributed by atoms with Crippen LogP contribution in [0.25, 0.3) is 33.5 Å². The average Bonchev–Trinajstić information content (AvgIpc) is 3.35. The van der Waals surface area contributed by atoms with Crippen LogP contribution in [0.3, 0.4) is 0 Å². The van der Waals surface area contributed by atoms with E-state index in [9.17, 15) is 4.79 Å². The van der Waals surface area contributed by atoms with E-state index in [1.165, 1.54) is 0 Å². The SMILES string of the molecule is CC(C)Cc1oc2nc(-c3ccc(Br)cc3Cl)c(-c3ccc(Cl)cc3)cc2c1N1CCCC1=O. The number of amides is 1. The van der Waals surface area contributed by atoms with E-state index in [0.29, 0.717) is 34.6 Å². The summed E-state index contributed by atoms with van der Waals surface area (Å²) in [5, 5.41) is 2.08. The number of fused-ring (bicyclic) bond motifs is 1. The van der Waals surface area contributed by atoms with Crippen LogP contribution in [0.1, 0.15) is 32.4 Å². The molecule has 0 N–H and O–H groups in total. The molecule has 2 aromatic carbocycles. The first kappa shape index (κ1) is 23.4. The van der Waals surface area contributed by atoms with Crippen molar-refractivity contribution in [2.45, 2.75) is 33.1 Å². The molecule has 1 aliphatic rings. The Morgan fingerprint density at radius 2 is 1.85 bits per heavy atom. The third kappa shape index (κ3) is 4.37. The summed E-state index contributed by atoms with van der Waals surface area (Å²) in [5.41, 5.74) is 4.74. The summed E-state index contributed by atoms with van der Waals surface area (Å²) in [6.07, 6.45) is 2.12. The zero-order valence-corrected chi connectivity index (χ0v) is 22.0. The molecular weight excluding hydrogens is 535 g/mol. The summed E-state index contributed by atoms with van der Waals surface area (Å²) < 4.78 is 7.22. The summed E-state index contributed by atoms with van der Waals surface area (Å²) >= 11 is 16.3. The lowest BCUT2D eigenvalue weighted by Gasteiger charge is -2.17. The number of pyridine rings is 1. The van der Waals surface area contributed by atoms with Crippen molar-refractivity contribution >= 4 is 61.8 Å². The van der Waals surface area contributed by atoms with E-state index >= 15 is 0 Å². The van der Waals surface area contributed by atoms with Gasteiger partial charge in [-0.1, -0.05) is 71.2 Å². The molecule has 4 nitrogen and oxygen atoms in total. The van der Waals surface area contributed by atoms with E-state index in [2.05, 4.69) is 35.8 Å². The lowest BCUT2D eigenvalue weighted by Crippen LogP contribution is -2.24. The number of carbonyl (C=O) groups excluding carboxylic acids is 1. The Kier molecular flexibility index (Phi) is 6.45. The van der Waals surface area contributed by atoms with Gasteiger partial charge in [0.1, 0.15) is 5.76 Å². The number of rotatable bonds is 5. The lowest BCUT2D eigenvalue weighted by molar-refractivity contribution is -0.117. The molecule has 5 rings (SSSR count). The fraction of sp³-hybridized carbons (Fsp3) is 0.259. The van der Waals surface area contributed by atoms with E-state index in [0.717, 1.165) is 56.5 Å². The number of halogens is 3. The third-order valence-electron chi connectivity index (χ3n) is 6.01. The number of benzene rings is 2. The fourth-order valence-electron chi connectivity index (χ4n) is 4.49. The predicted octanol–water partition coefficient (Wildman–Crippen LogP) is 8.56. The van der Waals surface area contributed by atoms with Gasteiger partial charge in [0.05, 0.1) is 21.8 Å². The molecule has 4 aromatic rings. The van der Waals surface area contributed by atoms with E-state index in [4.69, 9.17) is 32.6 Å². The fourth-order valence-corrected chi connectivity index (χ4v) is 5.37. The first-order chi connectivity index (χ1) is 16.3. The largest absolute Gasteiger partial charge is 0.440 e. The van der Waals surface area contributed by atoms with Gasteiger partial charge >= 0.3 is 0 Å². The van der Waals surface area contributed by atoms with Crippen molar-refractivity contribution in [1.82, 2.24) is 4.98 Å². The van der Waals surface area contributed by atoms with Gasteiger partial charge in [-0.2, -0.15) is 0 Å². The highest BCUT2D eigenvalue weighted by Gasteiger charge is 2.30. The van der Waals surface area contributed by atoms with Crippen molar-refractivity contribution in [3.8, 4) is 22.4 Å². The number of nitrogens with zero attached hydrogens (tertiary/aromatic N) is 2. The van der Waals surface area contributed by atoms with Gasteiger partial charge in [0.25, 0.3) is 0 Å². The van der Waals surface area contributed by atoms with E-state index in [1.54, 1.807) is 0 Å². The highest BCUT2D eigenvalue weighted by Crippen LogP contribution is 2.43. The molecule has 1 amide bonds. The van der Waals surface area contributed by atoms with E-state index < -0.39 is 0 Å². The van der Waals surface area contributed by atoms with Crippen molar-refractivity contribution in [1.29, 1.82) is 0 Å². The van der Waals surface area contributed by atoms with Crippen LogP contribution in [0, 0.1) is 5.92 Å². The minimum Gasteiger partial charge on any atom is -0.440 e. The topological polar surface area (TPSA) is 46.3 Å². The molecule has 0 atom stereocenters.